The normalized spacial score (nSPS) is 10.7. The van der Waals surface area contributed by atoms with E-state index in [1.165, 1.54) is 0 Å². The third-order valence-electron chi connectivity index (χ3n) is 2.96. The van der Waals surface area contributed by atoms with Gasteiger partial charge in [0.25, 0.3) is 5.56 Å². The Morgan fingerprint density at radius 1 is 1.06 bits per heavy atom. The molecule has 0 fully saturated rings. The fourth-order valence-electron chi connectivity index (χ4n) is 2.09. The number of para-hydroxylation sites is 1. The molecule has 0 amide bonds. The number of fused-ring (bicyclic) bond motifs is 1. The van der Waals surface area contributed by atoms with E-state index in [1.54, 1.807) is 10.8 Å². The standard InChI is InChI=1S/C15H12N2O/c1-11-10-12-6-5-9-16-14(12)17(15(11)18)13-7-3-2-4-8-13/h2-10H,1H3. The molecule has 3 heteroatoms. The van der Waals surface area contributed by atoms with Gasteiger partial charge in [0.1, 0.15) is 5.65 Å². The molecule has 0 aliphatic heterocycles. The summed E-state index contributed by atoms with van der Waals surface area (Å²) in [6, 6.07) is 15.3. The summed E-state index contributed by atoms with van der Waals surface area (Å²) in [5, 5.41) is 0.971. The molecule has 0 aliphatic carbocycles. The number of pyridine rings is 2. The fourth-order valence-corrected chi connectivity index (χ4v) is 2.09. The minimum absolute atomic E-state index is 0.0209. The second-order valence-corrected chi connectivity index (χ2v) is 4.22. The molecule has 3 aromatic rings. The van der Waals surface area contributed by atoms with E-state index in [-0.39, 0.29) is 5.56 Å². The summed E-state index contributed by atoms with van der Waals surface area (Å²) in [4.78, 5) is 16.6. The van der Waals surface area contributed by atoms with Crippen molar-refractivity contribution in [3.8, 4) is 5.69 Å². The molecular formula is C15H12N2O. The first-order chi connectivity index (χ1) is 8.77. The second-order valence-electron chi connectivity index (χ2n) is 4.22. The number of nitrogens with zero attached hydrogens (tertiary/aromatic N) is 2. The summed E-state index contributed by atoms with van der Waals surface area (Å²) in [5.74, 6) is 0. The van der Waals surface area contributed by atoms with Crippen molar-refractivity contribution in [2.75, 3.05) is 0 Å². The van der Waals surface area contributed by atoms with Crippen LogP contribution in [0.4, 0.5) is 0 Å². The van der Waals surface area contributed by atoms with E-state index >= 15 is 0 Å². The van der Waals surface area contributed by atoms with Gasteiger partial charge in [0, 0.05) is 17.1 Å². The third kappa shape index (κ3) is 1.61. The Morgan fingerprint density at radius 2 is 1.83 bits per heavy atom. The van der Waals surface area contributed by atoms with Crippen molar-refractivity contribution in [1.82, 2.24) is 9.55 Å². The molecule has 0 spiro atoms. The van der Waals surface area contributed by atoms with Gasteiger partial charge < -0.3 is 0 Å². The van der Waals surface area contributed by atoms with E-state index in [9.17, 15) is 4.79 Å². The number of aryl methyl sites for hydroxylation is 1. The van der Waals surface area contributed by atoms with Gasteiger partial charge in [-0.05, 0) is 37.3 Å². The van der Waals surface area contributed by atoms with Crippen LogP contribution in [-0.2, 0) is 0 Å². The van der Waals surface area contributed by atoms with Gasteiger partial charge in [-0.2, -0.15) is 0 Å². The van der Waals surface area contributed by atoms with Crippen LogP contribution in [0.3, 0.4) is 0 Å². The molecule has 3 rings (SSSR count). The van der Waals surface area contributed by atoms with Gasteiger partial charge in [0.15, 0.2) is 0 Å². The van der Waals surface area contributed by atoms with Gasteiger partial charge in [-0.15, -0.1) is 0 Å². The zero-order valence-corrected chi connectivity index (χ0v) is 10.00. The van der Waals surface area contributed by atoms with Crippen molar-refractivity contribution >= 4 is 11.0 Å². The van der Waals surface area contributed by atoms with Crippen LogP contribution in [-0.4, -0.2) is 9.55 Å². The SMILES string of the molecule is Cc1cc2cccnc2n(-c2ccccc2)c1=O. The first-order valence-electron chi connectivity index (χ1n) is 5.80. The minimum Gasteiger partial charge on any atom is -0.269 e. The van der Waals surface area contributed by atoms with Crippen molar-refractivity contribution in [3.63, 3.8) is 0 Å². The summed E-state index contributed by atoms with van der Waals surface area (Å²) in [5.41, 5.74) is 2.24. The van der Waals surface area contributed by atoms with E-state index in [4.69, 9.17) is 0 Å². The molecule has 0 aliphatic rings. The van der Waals surface area contributed by atoms with Crippen molar-refractivity contribution in [2.24, 2.45) is 0 Å². The van der Waals surface area contributed by atoms with Crippen LogP contribution in [0.1, 0.15) is 5.56 Å². The molecule has 0 radical (unpaired) electrons. The summed E-state index contributed by atoms with van der Waals surface area (Å²) in [6.45, 7) is 1.83. The molecule has 1 aromatic carbocycles. The van der Waals surface area contributed by atoms with Crippen LogP contribution in [0.5, 0.6) is 0 Å². The highest BCUT2D eigenvalue weighted by molar-refractivity contribution is 5.77. The average Bonchev–Trinajstić information content (AvgIpc) is 2.41. The zero-order valence-electron chi connectivity index (χ0n) is 10.00. The highest BCUT2D eigenvalue weighted by Crippen LogP contribution is 2.14. The predicted molar refractivity (Wildman–Crippen MR) is 72.1 cm³/mol. The average molecular weight is 236 g/mol. The Bertz CT molecular complexity index is 760. The molecule has 88 valence electrons. The van der Waals surface area contributed by atoms with Crippen LogP contribution in [0, 0.1) is 6.92 Å². The van der Waals surface area contributed by atoms with Crippen molar-refractivity contribution in [3.05, 3.63) is 70.6 Å². The van der Waals surface area contributed by atoms with E-state index in [1.807, 2.05) is 55.5 Å². The smallest absolute Gasteiger partial charge is 0.259 e. The number of hydrogen-bond acceptors (Lipinski definition) is 2. The van der Waals surface area contributed by atoms with Gasteiger partial charge >= 0.3 is 0 Å². The van der Waals surface area contributed by atoms with E-state index in [0.29, 0.717) is 5.65 Å². The highest BCUT2D eigenvalue weighted by atomic mass is 16.1. The largest absolute Gasteiger partial charge is 0.269 e. The van der Waals surface area contributed by atoms with Crippen LogP contribution in [0.2, 0.25) is 0 Å². The lowest BCUT2D eigenvalue weighted by atomic mass is 10.2. The maximum atomic E-state index is 12.3. The van der Waals surface area contributed by atoms with Gasteiger partial charge in [-0.25, -0.2) is 4.98 Å². The van der Waals surface area contributed by atoms with E-state index in [0.717, 1.165) is 16.6 Å². The lowest BCUT2D eigenvalue weighted by Gasteiger charge is -2.10. The number of aromatic nitrogens is 2. The lowest BCUT2D eigenvalue weighted by Crippen LogP contribution is -2.21. The monoisotopic (exact) mass is 236 g/mol. The van der Waals surface area contributed by atoms with Gasteiger partial charge in [0.05, 0.1) is 5.69 Å². The third-order valence-corrected chi connectivity index (χ3v) is 2.96. The Labute approximate surface area is 104 Å². The summed E-state index contributed by atoms with van der Waals surface area (Å²) in [6.07, 6.45) is 1.70. The second kappa shape index (κ2) is 4.11. The van der Waals surface area contributed by atoms with E-state index in [2.05, 4.69) is 4.98 Å². The van der Waals surface area contributed by atoms with Crippen molar-refractivity contribution in [2.45, 2.75) is 6.92 Å². The lowest BCUT2D eigenvalue weighted by molar-refractivity contribution is 0.996. The Kier molecular flexibility index (Phi) is 2.45. The fraction of sp³-hybridized carbons (Fsp3) is 0.0667. The Balaban J connectivity index is 2.47. The molecule has 0 saturated carbocycles. The van der Waals surface area contributed by atoms with Gasteiger partial charge in [-0.1, -0.05) is 18.2 Å². The molecule has 18 heavy (non-hydrogen) atoms. The molecule has 0 saturated heterocycles. The molecular weight excluding hydrogens is 224 g/mol. The van der Waals surface area contributed by atoms with Crippen molar-refractivity contribution in [1.29, 1.82) is 0 Å². The van der Waals surface area contributed by atoms with Crippen molar-refractivity contribution < 1.29 is 0 Å². The minimum atomic E-state index is -0.0209. The molecule has 0 unspecified atom stereocenters. The molecule has 0 atom stereocenters. The molecule has 2 heterocycles. The first-order valence-corrected chi connectivity index (χ1v) is 5.80. The van der Waals surface area contributed by atoms with Crippen LogP contribution >= 0.6 is 0 Å². The van der Waals surface area contributed by atoms with E-state index < -0.39 is 0 Å². The maximum absolute atomic E-state index is 12.3. The predicted octanol–water partition coefficient (Wildman–Crippen LogP) is 2.69. The zero-order chi connectivity index (χ0) is 12.5. The quantitative estimate of drug-likeness (QED) is 0.651. The van der Waals surface area contributed by atoms with Crippen LogP contribution in [0.15, 0.2) is 59.5 Å². The summed E-state index contributed by atoms with van der Waals surface area (Å²) < 4.78 is 1.66. The van der Waals surface area contributed by atoms with Gasteiger partial charge in [-0.3, -0.25) is 9.36 Å². The van der Waals surface area contributed by atoms with Gasteiger partial charge in [0.2, 0.25) is 0 Å². The van der Waals surface area contributed by atoms with Crippen LogP contribution < -0.4 is 5.56 Å². The Morgan fingerprint density at radius 3 is 2.61 bits per heavy atom. The number of hydrogen-bond donors (Lipinski definition) is 0. The first kappa shape index (κ1) is 10.7. The number of benzene rings is 1. The summed E-state index contributed by atoms with van der Waals surface area (Å²) in [7, 11) is 0. The highest BCUT2D eigenvalue weighted by Gasteiger charge is 2.08. The topological polar surface area (TPSA) is 34.9 Å². The molecule has 0 N–H and O–H groups in total. The maximum Gasteiger partial charge on any atom is 0.259 e. The number of rotatable bonds is 1. The van der Waals surface area contributed by atoms with Crippen LogP contribution in [0.25, 0.3) is 16.7 Å². The molecule has 2 aromatic heterocycles. The Hall–Kier alpha value is -2.42. The molecule has 3 nitrogen and oxygen atoms in total. The summed E-state index contributed by atoms with van der Waals surface area (Å²) >= 11 is 0. The molecule has 0 bridgehead atoms.